The summed E-state index contributed by atoms with van der Waals surface area (Å²) in [4.78, 5) is 13.6. The smallest absolute Gasteiger partial charge is 0.311 e. The number of aromatic nitrogens is 5. The van der Waals surface area contributed by atoms with Crippen LogP contribution < -0.4 is 4.90 Å². The quantitative estimate of drug-likeness (QED) is 0.302. The number of alkyl halides is 1. The molecule has 4 aromatic rings. The van der Waals surface area contributed by atoms with Gasteiger partial charge in [-0.1, -0.05) is 31.5 Å². The number of carboxylic acids is 1. The molecule has 170 valence electrons. The number of aromatic hydroxyl groups is 1. The minimum atomic E-state index is -1.02. The standard InChI is InChI=1S/C23H23ClN6O3/c1-11(2)22-12-7-14(18(31)9-15(12)25-27-22)23-28-26-20(10-21(32)33)30(23)17-6-4-5-16-13(17)8-19(24)29(16)3/h4-7,9,11,19,31H,8,10H2,1-3H3,(H,25,27)(H,32,33). The molecule has 1 aliphatic heterocycles. The van der Waals surface area contributed by atoms with Crippen LogP contribution in [0.25, 0.3) is 28.0 Å². The van der Waals surface area contributed by atoms with E-state index in [1.165, 1.54) is 0 Å². The number of aliphatic carboxylic acids is 1. The van der Waals surface area contributed by atoms with Gasteiger partial charge in [0, 0.05) is 41.9 Å². The average Bonchev–Trinajstić information content (AvgIpc) is 3.43. The van der Waals surface area contributed by atoms with Crippen molar-refractivity contribution in [3.05, 3.63) is 47.4 Å². The van der Waals surface area contributed by atoms with E-state index in [1.54, 1.807) is 10.6 Å². The van der Waals surface area contributed by atoms with Crippen LogP contribution in [0.15, 0.2) is 30.3 Å². The van der Waals surface area contributed by atoms with Crippen molar-refractivity contribution in [1.82, 2.24) is 25.0 Å². The third kappa shape index (κ3) is 3.39. The summed E-state index contributed by atoms with van der Waals surface area (Å²) in [5.74, 6) is -0.217. The molecule has 0 radical (unpaired) electrons. The van der Waals surface area contributed by atoms with Crippen molar-refractivity contribution in [3.63, 3.8) is 0 Å². The van der Waals surface area contributed by atoms with Gasteiger partial charge in [-0.15, -0.1) is 10.2 Å². The predicted octanol–water partition coefficient (Wildman–Crippen LogP) is 3.82. The van der Waals surface area contributed by atoms with Gasteiger partial charge in [-0.2, -0.15) is 5.10 Å². The number of aromatic amines is 1. The number of phenolic OH excluding ortho intramolecular Hbond substituents is 1. The Morgan fingerprint density at radius 2 is 2.03 bits per heavy atom. The summed E-state index contributed by atoms with van der Waals surface area (Å²) < 4.78 is 1.71. The van der Waals surface area contributed by atoms with E-state index < -0.39 is 5.97 Å². The number of hydrogen-bond acceptors (Lipinski definition) is 6. The molecule has 2 aromatic carbocycles. The second-order valence-corrected chi connectivity index (χ2v) is 9.05. The van der Waals surface area contributed by atoms with E-state index in [0.29, 0.717) is 23.3 Å². The molecule has 1 aliphatic rings. The van der Waals surface area contributed by atoms with Crippen molar-refractivity contribution in [3.8, 4) is 22.8 Å². The van der Waals surface area contributed by atoms with E-state index in [2.05, 4.69) is 34.2 Å². The highest BCUT2D eigenvalue weighted by Gasteiger charge is 2.30. The Balaban J connectivity index is 1.77. The van der Waals surface area contributed by atoms with Gasteiger partial charge in [-0.05, 0) is 24.1 Å². The first-order chi connectivity index (χ1) is 15.8. The third-order valence-electron chi connectivity index (χ3n) is 6.10. The lowest BCUT2D eigenvalue weighted by atomic mass is 10.0. The lowest BCUT2D eigenvalue weighted by Gasteiger charge is -2.17. The van der Waals surface area contributed by atoms with Gasteiger partial charge in [0.25, 0.3) is 0 Å². The minimum absolute atomic E-state index is 0.0141. The normalized spacial score (nSPS) is 15.5. The zero-order valence-corrected chi connectivity index (χ0v) is 19.1. The first kappa shape index (κ1) is 21.3. The van der Waals surface area contributed by atoms with Crippen LogP contribution in [-0.4, -0.2) is 53.7 Å². The van der Waals surface area contributed by atoms with Crippen molar-refractivity contribution in [1.29, 1.82) is 0 Å². The molecule has 2 aromatic heterocycles. The zero-order chi connectivity index (χ0) is 23.4. The fraction of sp³-hybridized carbons (Fsp3) is 0.304. The fourth-order valence-corrected chi connectivity index (χ4v) is 4.71. The maximum Gasteiger partial charge on any atom is 0.311 e. The van der Waals surface area contributed by atoms with Crippen LogP contribution >= 0.6 is 11.6 Å². The van der Waals surface area contributed by atoms with E-state index in [1.807, 2.05) is 36.2 Å². The SMILES string of the molecule is CC(C)c1[nH]nc2cc(O)c(-c3nnc(CC(=O)O)n3-c3cccc4c3CC(Cl)N4C)cc12. The van der Waals surface area contributed by atoms with Crippen LogP contribution in [0, 0.1) is 0 Å². The Kier molecular flexibility index (Phi) is 5.01. The summed E-state index contributed by atoms with van der Waals surface area (Å²) in [6, 6.07) is 9.18. The molecule has 33 heavy (non-hydrogen) atoms. The first-order valence-electron chi connectivity index (χ1n) is 10.6. The second-order valence-electron chi connectivity index (χ2n) is 8.55. The third-order valence-corrected chi connectivity index (χ3v) is 6.55. The summed E-state index contributed by atoms with van der Waals surface area (Å²) in [5, 5.41) is 37.1. The summed E-state index contributed by atoms with van der Waals surface area (Å²) in [5.41, 5.74) is 4.49. The number of hydrogen-bond donors (Lipinski definition) is 3. The zero-order valence-electron chi connectivity index (χ0n) is 18.4. The highest BCUT2D eigenvalue weighted by molar-refractivity contribution is 6.22. The number of rotatable bonds is 5. The van der Waals surface area contributed by atoms with Gasteiger partial charge < -0.3 is 15.1 Å². The molecule has 0 spiro atoms. The average molecular weight is 467 g/mol. The Morgan fingerprint density at radius 3 is 2.76 bits per heavy atom. The number of likely N-dealkylation sites (N-methyl/N-ethyl adjacent to an activating group) is 1. The Labute approximate surface area is 194 Å². The number of halogens is 1. The molecule has 9 nitrogen and oxygen atoms in total. The molecule has 1 atom stereocenters. The molecule has 1 unspecified atom stereocenters. The minimum Gasteiger partial charge on any atom is -0.507 e. The number of carboxylic acid groups (broad SMARTS) is 1. The number of phenols is 1. The van der Waals surface area contributed by atoms with E-state index in [-0.39, 0.29) is 29.4 Å². The number of anilines is 1. The number of H-pyrrole nitrogens is 1. The van der Waals surface area contributed by atoms with Crippen molar-refractivity contribution in [2.24, 2.45) is 0 Å². The maximum atomic E-state index is 11.6. The molecule has 0 amide bonds. The van der Waals surface area contributed by atoms with Crippen molar-refractivity contribution in [2.45, 2.75) is 38.1 Å². The Hall–Kier alpha value is -3.59. The van der Waals surface area contributed by atoms with Crippen LogP contribution in [0.3, 0.4) is 0 Å². The summed E-state index contributed by atoms with van der Waals surface area (Å²) >= 11 is 6.51. The molecule has 0 aliphatic carbocycles. The van der Waals surface area contributed by atoms with Crippen LogP contribution in [0.5, 0.6) is 5.75 Å². The van der Waals surface area contributed by atoms with Crippen LogP contribution in [0.4, 0.5) is 5.69 Å². The van der Waals surface area contributed by atoms with Crippen molar-refractivity contribution < 1.29 is 15.0 Å². The van der Waals surface area contributed by atoms with Crippen LogP contribution in [0.1, 0.15) is 36.8 Å². The highest BCUT2D eigenvalue weighted by Crippen LogP contribution is 2.40. The molecular weight excluding hydrogens is 444 g/mol. The fourth-order valence-electron chi connectivity index (χ4n) is 4.45. The summed E-state index contributed by atoms with van der Waals surface area (Å²) in [6.07, 6.45) is 0.265. The topological polar surface area (TPSA) is 120 Å². The summed E-state index contributed by atoms with van der Waals surface area (Å²) in [7, 11) is 1.92. The van der Waals surface area contributed by atoms with Gasteiger partial charge in [0.2, 0.25) is 0 Å². The van der Waals surface area contributed by atoms with E-state index >= 15 is 0 Å². The molecule has 0 bridgehead atoms. The molecular formula is C23H23ClN6O3. The Morgan fingerprint density at radius 1 is 1.27 bits per heavy atom. The summed E-state index contributed by atoms with van der Waals surface area (Å²) in [6.45, 7) is 4.11. The van der Waals surface area contributed by atoms with E-state index in [9.17, 15) is 15.0 Å². The molecule has 0 saturated heterocycles. The van der Waals surface area contributed by atoms with Crippen LogP contribution in [-0.2, 0) is 17.6 Å². The molecule has 0 fully saturated rings. The first-order valence-corrected chi connectivity index (χ1v) is 11.1. The number of nitrogens with zero attached hydrogens (tertiary/aromatic N) is 5. The highest BCUT2D eigenvalue weighted by atomic mass is 35.5. The molecule has 5 rings (SSSR count). The second kappa shape index (κ2) is 7.77. The number of fused-ring (bicyclic) bond motifs is 2. The van der Waals surface area contributed by atoms with E-state index in [0.717, 1.165) is 28.0 Å². The predicted molar refractivity (Wildman–Crippen MR) is 125 cm³/mol. The number of benzene rings is 2. The lowest BCUT2D eigenvalue weighted by molar-refractivity contribution is -0.136. The molecule has 0 saturated carbocycles. The largest absolute Gasteiger partial charge is 0.507 e. The van der Waals surface area contributed by atoms with Gasteiger partial charge in [0.05, 0.1) is 16.8 Å². The lowest BCUT2D eigenvalue weighted by Crippen LogP contribution is -2.21. The van der Waals surface area contributed by atoms with Crippen LogP contribution in [0.2, 0.25) is 0 Å². The van der Waals surface area contributed by atoms with E-state index in [4.69, 9.17) is 11.6 Å². The van der Waals surface area contributed by atoms with Gasteiger partial charge in [-0.3, -0.25) is 14.5 Å². The molecule has 10 heteroatoms. The van der Waals surface area contributed by atoms with Crippen molar-refractivity contribution in [2.75, 3.05) is 11.9 Å². The number of nitrogens with one attached hydrogen (secondary N) is 1. The number of carbonyl (C=O) groups is 1. The monoisotopic (exact) mass is 466 g/mol. The molecule has 3 heterocycles. The van der Waals surface area contributed by atoms with Gasteiger partial charge in [-0.25, -0.2) is 0 Å². The van der Waals surface area contributed by atoms with Crippen molar-refractivity contribution >= 4 is 34.2 Å². The molecule has 3 N–H and O–H groups in total. The Bertz CT molecular complexity index is 1390. The maximum absolute atomic E-state index is 11.6. The van der Waals surface area contributed by atoms with Gasteiger partial charge in [0.1, 0.15) is 23.5 Å². The van der Waals surface area contributed by atoms with Gasteiger partial charge >= 0.3 is 5.97 Å². The van der Waals surface area contributed by atoms with Gasteiger partial charge in [0.15, 0.2) is 5.82 Å².